The van der Waals surface area contributed by atoms with Crippen LogP contribution in [-0.2, 0) is 13.0 Å². The Labute approximate surface area is 104 Å². The van der Waals surface area contributed by atoms with Crippen LogP contribution in [0, 0.1) is 6.92 Å². The number of hydrogen-bond acceptors (Lipinski definition) is 1. The lowest BCUT2D eigenvalue weighted by atomic mass is 10.1. The van der Waals surface area contributed by atoms with Crippen molar-refractivity contribution in [1.82, 2.24) is 0 Å². The molecule has 0 radical (unpaired) electrons. The highest BCUT2D eigenvalue weighted by atomic mass is 16.3. The maximum Gasteiger partial charge on any atom is 0.0681 e. The SMILES string of the molecule is CCc1ccccc1C.OCc1ccccc1. The topological polar surface area (TPSA) is 20.2 Å². The minimum Gasteiger partial charge on any atom is -0.392 e. The lowest BCUT2D eigenvalue weighted by Gasteiger charge is -1.98. The van der Waals surface area contributed by atoms with Crippen molar-refractivity contribution < 1.29 is 5.11 Å². The Morgan fingerprint density at radius 3 is 1.88 bits per heavy atom. The van der Waals surface area contributed by atoms with Gasteiger partial charge in [0.2, 0.25) is 0 Å². The standard InChI is InChI=1S/C9H12.C7H8O/c1-3-9-7-5-4-6-8(9)2;8-6-7-4-2-1-3-5-7/h4-7H,3H2,1-2H3;1-5,8H,6H2. The Balaban J connectivity index is 0.000000171. The Bertz CT molecular complexity index is 421. The van der Waals surface area contributed by atoms with Crippen LogP contribution in [0.25, 0.3) is 0 Å². The summed E-state index contributed by atoms with van der Waals surface area (Å²) in [5, 5.41) is 8.54. The van der Waals surface area contributed by atoms with Gasteiger partial charge in [0.05, 0.1) is 6.61 Å². The molecule has 0 atom stereocenters. The van der Waals surface area contributed by atoms with E-state index in [0.29, 0.717) is 0 Å². The van der Waals surface area contributed by atoms with Crippen LogP contribution in [0.5, 0.6) is 0 Å². The summed E-state index contributed by atoms with van der Waals surface area (Å²) in [5.74, 6) is 0. The van der Waals surface area contributed by atoms with E-state index in [9.17, 15) is 0 Å². The van der Waals surface area contributed by atoms with Gasteiger partial charge in [-0.1, -0.05) is 61.5 Å². The molecule has 0 bridgehead atoms. The van der Waals surface area contributed by atoms with Crippen LogP contribution in [0.15, 0.2) is 54.6 Å². The molecule has 0 unspecified atom stereocenters. The number of aliphatic hydroxyl groups excluding tert-OH is 1. The number of hydrogen-bond donors (Lipinski definition) is 1. The molecule has 2 aromatic rings. The van der Waals surface area contributed by atoms with Gasteiger partial charge in [-0.2, -0.15) is 0 Å². The van der Waals surface area contributed by atoms with Crippen LogP contribution in [0.2, 0.25) is 0 Å². The van der Waals surface area contributed by atoms with E-state index in [-0.39, 0.29) is 6.61 Å². The van der Waals surface area contributed by atoms with Gasteiger partial charge in [-0.15, -0.1) is 0 Å². The number of rotatable bonds is 2. The molecule has 2 aromatic carbocycles. The second-order valence-electron chi connectivity index (χ2n) is 3.92. The van der Waals surface area contributed by atoms with Crippen molar-refractivity contribution in [3.8, 4) is 0 Å². The van der Waals surface area contributed by atoms with E-state index in [1.165, 1.54) is 11.1 Å². The summed E-state index contributed by atoms with van der Waals surface area (Å²) in [7, 11) is 0. The van der Waals surface area contributed by atoms with Crippen LogP contribution in [0.4, 0.5) is 0 Å². The van der Waals surface area contributed by atoms with Gasteiger partial charge in [-0.3, -0.25) is 0 Å². The quantitative estimate of drug-likeness (QED) is 0.830. The van der Waals surface area contributed by atoms with E-state index >= 15 is 0 Å². The maximum absolute atomic E-state index is 8.54. The monoisotopic (exact) mass is 228 g/mol. The first-order valence-corrected chi connectivity index (χ1v) is 5.97. The molecule has 0 aliphatic rings. The summed E-state index contributed by atoms with van der Waals surface area (Å²) in [5.41, 5.74) is 3.82. The molecule has 0 aliphatic heterocycles. The molecule has 0 saturated carbocycles. The largest absolute Gasteiger partial charge is 0.392 e. The highest BCUT2D eigenvalue weighted by Gasteiger charge is 1.89. The van der Waals surface area contributed by atoms with Crippen LogP contribution in [0.1, 0.15) is 23.6 Å². The van der Waals surface area contributed by atoms with Gasteiger partial charge in [-0.25, -0.2) is 0 Å². The second kappa shape index (κ2) is 7.64. The third-order valence-corrected chi connectivity index (χ3v) is 2.67. The van der Waals surface area contributed by atoms with Crippen molar-refractivity contribution in [2.75, 3.05) is 0 Å². The molecule has 0 aliphatic carbocycles. The van der Waals surface area contributed by atoms with E-state index < -0.39 is 0 Å². The van der Waals surface area contributed by atoms with Gasteiger partial charge in [0.25, 0.3) is 0 Å². The molecular formula is C16H20O. The molecule has 1 nitrogen and oxygen atoms in total. The normalized spacial score (nSPS) is 9.35. The number of aryl methyl sites for hydroxylation is 2. The predicted molar refractivity (Wildman–Crippen MR) is 72.9 cm³/mol. The Morgan fingerprint density at radius 2 is 1.47 bits per heavy atom. The fourth-order valence-corrected chi connectivity index (χ4v) is 1.59. The van der Waals surface area contributed by atoms with Crippen LogP contribution >= 0.6 is 0 Å². The molecule has 0 fully saturated rings. The highest BCUT2D eigenvalue weighted by molar-refractivity contribution is 5.25. The van der Waals surface area contributed by atoms with Crippen molar-refractivity contribution in [3.63, 3.8) is 0 Å². The summed E-state index contributed by atoms with van der Waals surface area (Å²) in [4.78, 5) is 0. The van der Waals surface area contributed by atoms with Crippen molar-refractivity contribution in [2.45, 2.75) is 26.9 Å². The average molecular weight is 228 g/mol. The summed E-state index contributed by atoms with van der Waals surface area (Å²) < 4.78 is 0. The zero-order chi connectivity index (χ0) is 12.5. The van der Waals surface area contributed by atoms with E-state index in [2.05, 4.69) is 38.1 Å². The first-order valence-electron chi connectivity index (χ1n) is 5.97. The predicted octanol–water partition coefficient (Wildman–Crippen LogP) is 3.74. The summed E-state index contributed by atoms with van der Waals surface area (Å²) in [6.45, 7) is 4.47. The zero-order valence-corrected chi connectivity index (χ0v) is 10.6. The first-order chi connectivity index (χ1) is 8.27. The molecule has 2 rings (SSSR count). The zero-order valence-electron chi connectivity index (χ0n) is 10.6. The number of benzene rings is 2. The van der Waals surface area contributed by atoms with Crippen LogP contribution in [0.3, 0.4) is 0 Å². The smallest absolute Gasteiger partial charge is 0.0681 e. The summed E-state index contributed by atoms with van der Waals surface area (Å²) in [6.07, 6.45) is 1.15. The molecule has 0 saturated heterocycles. The molecule has 90 valence electrons. The molecule has 1 heteroatoms. The van der Waals surface area contributed by atoms with Gasteiger partial charge in [0.15, 0.2) is 0 Å². The van der Waals surface area contributed by atoms with E-state index in [1.54, 1.807) is 0 Å². The molecule has 0 spiro atoms. The van der Waals surface area contributed by atoms with Crippen molar-refractivity contribution in [2.24, 2.45) is 0 Å². The van der Waals surface area contributed by atoms with Crippen molar-refractivity contribution >= 4 is 0 Å². The van der Waals surface area contributed by atoms with E-state index in [1.807, 2.05) is 30.3 Å². The third-order valence-electron chi connectivity index (χ3n) is 2.67. The van der Waals surface area contributed by atoms with E-state index in [0.717, 1.165) is 12.0 Å². The minimum atomic E-state index is 0.140. The Morgan fingerprint density at radius 1 is 0.882 bits per heavy atom. The van der Waals surface area contributed by atoms with E-state index in [4.69, 9.17) is 5.11 Å². The fraction of sp³-hybridized carbons (Fsp3) is 0.250. The Kier molecular flexibility index (Phi) is 6.05. The lowest BCUT2D eigenvalue weighted by molar-refractivity contribution is 0.282. The summed E-state index contributed by atoms with van der Waals surface area (Å²) >= 11 is 0. The first kappa shape index (κ1) is 13.5. The minimum absolute atomic E-state index is 0.140. The Hall–Kier alpha value is -1.60. The second-order valence-corrected chi connectivity index (χ2v) is 3.92. The number of aliphatic hydroxyl groups is 1. The average Bonchev–Trinajstić information content (AvgIpc) is 2.41. The van der Waals surface area contributed by atoms with Crippen molar-refractivity contribution in [1.29, 1.82) is 0 Å². The molecule has 17 heavy (non-hydrogen) atoms. The van der Waals surface area contributed by atoms with Gasteiger partial charge < -0.3 is 5.11 Å². The van der Waals surface area contributed by atoms with Crippen molar-refractivity contribution in [3.05, 3.63) is 71.3 Å². The van der Waals surface area contributed by atoms with Gasteiger partial charge >= 0.3 is 0 Å². The summed E-state index contributed by atoms with van der Waals surface area (Å²) in [6, 6.07) is 18.0. The maximum atomic E-state index is 8.54. The van der Waals surface area contributed by atoms with Gasteiger partial charge in [-0.05, 0) is 30.0 Å². The van der Waals surface area contributed by atoms with Gasteiger partial charge in [0, 0.05) is 0 Å². The lowest BCUT2D eigenvalue weighted by Crippen LogP contribution is -1.82. The molecule has 0 heterocycles. The van der Waals surface area contributed by atoms with Gasteiger partial charge in [0.1, 0.15) is 0 Å². The molecular weight excluding hydrogens is 208 g/mol. The third kappa shape index (κ3) is 4.83. The highest BCUT2D eigenvalue weighted by Crippen LogP contribution is 2.06. The van der Waals surface area contributed by atoms with Crippen LogP contribution in [-0.4, -0.2) is 5.11 Å². The van der Waals surface area contributed by atoms with Crippen LogP contribution < -0.4 is 0 Å². The fourth-order valence-electron chi connectivity index (χ4n) is 1.59. The molecule has 0 aromatic heterocycles. The molecule has 1 N–H and O–H groups in total. The molecule has 0 amide bonds.